The van der Waals surface area contributed by atoms with Crippen LogP contribution in [0.4, 0.5) is 0 Å². The van der Waals surface area contributed by atoms with Gasteiger partial charge in [-0.1, -0.05) is 18.7 Å². The molecule has 0 aliphatic heterocycles. The quantitative estimate of drug-likeness (QED) is 0.572. The SMILES string of the molecule is Cc1nnc(SCCC(C)CCCl)n1C. The Bertz CT molecular complexity index is 301. The highest BCUT2D eigenvalue weighted by atomic mass is 35.5. The van der Waals surface area contributed by atoms with Gasteiger partial charge in [-0.2, -0.15) is 0 Å². The van der Waals surface area contributed by atoms with Crippen molar-refractivity contribution in [2.75, 3.05) is 11.6 Å². The normalized spacial score (nSPS) is 13.1. The lowest BCUT2D eigenvalue weighted by Crippen LogP contribution is -1.99. The van der Waals surface area contributed by atoms with Crippen LogP contribution in [-0.2, 0) is 7.05 Å². The fourth-order valence-electron chi connectivity index (χ4n) is 1.20. The molecule has 0 spiro atoms. The highest BCUT2D eigenvalue weighted by Gasteiger charge is 2.06. The van der Waals surface area contributed by atoms with Gasteiger partial charge in [-0.05, 0) is 25.7 Å². The smallest absolute Gasteiger partial charge is 0.190 e. The number of hydrogen-bond donors (Lipinski definition) is 0. The van der Waals surface area contributed by atoms with Gasteiger partial charge in [0.2, 0.25) is 0 Å². The third-order valence-corrected chi connectivity index (χ3v) is 3.77. The summed E-state index contributed by atoms with van der Waals surface area (Å²) in [5.74, 6) is 3.51. The van der Waals surface area contributed by atoms with E-state index in [1.165, 1.54) is 6.42 Å². The van der Waals surface area contributed by atoms with E-state index in [1.54, 1.807) is 11.8 Å². The molecule has 0 amide bonds. The summed E-state index contributed by atoms with van der Waals surface area (Å²) in [7, 11) is 2.00. The van der Waals surface area contributed by atoms with E-state index in [0.717, 1.165) is 29.0 Å². The maximum atomic E-state index is 5.69. The van der Waals surface area contributed by atoms with E-state index in [-0.39, 0.29) is 0 Å². The summed E-state index contributed by atoms with van der Waals surface area (Å²) in [5.41, 5.74) is 0. The minimum Gasteiger partial charge on any atom is -0.309 e. The molecule has 1 atom stereocenters. The lowest BCUT2D eigenvalue weighted by atomic mass is 10.1. The Morgan fingerprint density at radius 2 is 2.13 bits per heavy atom. The highest BCUT2D eigenvalue weighted by Crippen LogP contribution is 2.19. The Labute approximate surface area is 101 Å². The maximum Gasteiger partial charge on any atom is 0.190 e. The molecule has 15 heavy (non-hydrogen) atoms. The van der Waals surface area contributed by atoms with Crippen LogP contribution in [0.1, 0.15) is 25.6 Å². The van der Waals surface area contributed by atoms with Crippen LogP contribution in [0.15, 0.2) is 5.16 Å². The lowest BCUT2D eigenvalue weighted by molar-refractivity contribution is 0.551. The van der Waals surface area contributed by atoms with Crippen LogP contribution in [-0.4, -0.2) is 26.4 Å². The molecule has 1 heterocycles. The molecule has 0 aliphatic carbocycles. The van der Waals surface area contributed by atoms with E-state index in [9.17, 15) is 0 Å². The standard InChI is InChI=1S/C10H18ClN3S/c1-8(4-6-11)5-7-15-10-13-12-9(2)14(10)3/h8H,4-7H2,1-3H3. The number of hydrogen-bond acceptors (Lipinski definition) is 3. The second-order valence-electron chi connectivity index (χ2n) is 3.81. The zero-order valence-corrected chi connectivity index (χ0v) is 11.1. The average molecular weight is 248 g/mol. The van der Waals surface area contributed by atoms with Crippen molar-refractivity contribution < 1.29 is 0 Å². The second-order valence-corrected chi connectivity index (χ2v) is 5.25. The number of aryl methyl sites for hydroxylation is 1. The van der Waals surface area contributed by atoms with E-state index in [4.69, 9.17) is 11.6 Å². The minimum atomic E-state index is 0.698. The van der Waals surface area contributed by atoms with Gasteiger partial charge in [-0.25, -0.2) is 0 Å². The Kier molecular flexibility index (Phi) is 5.47. The molecule has 0 bridgehead atoms. The van der Waals surface area contributed by atoms with Gasteiger partial charge in [0.25, 0.3) is 0 Å². The zero-order chi connectivity index (χ0) is 11.3. The number of rotatable bonds is 6. The molecule has 5 heteroatoms. The summed E-state index contributed by atoms with van der Waals surface area (Å²) in [6, 6.07) is 0. The van der Waals surface area contributed by atoms with Crippen molar-refractivity contribution in [1.29, 1.82) is 0 Å². The van der Waals surface area contributed by atoms with Crippen molar-refractivity contribution in [3.63, 3.8) is 0 Å². The number of alkyl halides is 1. The predicted molar refractivity (Wildman–Crippen MR) is 65.6 cm³/mol. The molecule has 1 aromatic heterocycles. The third-order valence-electron chi connectivity index (χ3n) is 2.50. The molecule has 1 unspecified atom stereocenters. The van der Waals surface area contributed by atoms with Crippen molar-refractivity contribution >= 4 is 23.4 Å². The molecular formula is C10H18ClN3S. The van der Waals surface area contributed by atoms with Crippen LogP contribution in [0.3, 0.4) is 0 Å². The Morgan fingerprint density at radius 1 is 1.40 bits per heavy atom. The molecule has 0 N–H and O–H groups in total. The Balaban J connectivity index is 2.29. The van der Waals surface area contributed by atoms with Gasteiger partial charge in [0, 0.05) is 18.7 Å². The van der Waals surface area contributed by atoms with Crippen molar-refractivity contribution in [3.8, 4) is 0 Å². The molecule has 1 rings (SSSR count). The first kappa shape index (κ1) is 12.8. The van der Waals surface area contributed by atoms with Crippen molar-refractivity contribution in [3.05, 3.63) is 5.82 Å². The number of thioether (sulfide) groups is 1. The van der Waals surface area contributed by atoms with Gasteiger partial charge in [0.05, 0.1) is 0 Å². The minimum absolute atomic E-state index is 0.698. The van der Waals surface area contributed by atoms with Gasteiger partial charge in [0.1, 0.15) is 5.82 Å². The average Bonchev–Trinajstić information content (AvgIpc) is 2.50. The third kappa shape index (κ3) is 4.03. The van der Waals surface area contributed by atoms with Crippen molar-refractivity contribution in [2.24, 2.45) is 13.0 Å². The van der Waals surface area contributed by atoms with Gasteiger partial charge in [-0.3, -0.25) is 0 Å². The van der Waals surface area contributed by atoms with Crippen LogP contribution in [0, 0.1) is 12.8 Å². The topological polar surface area (TPSA) is 30.7 Å². The van der Waals surface area contributed by atoms with Gasteiger partial charge < -0.3 is 4.57 Å². The fourth-order valence-corrected chi connectivity index (χ4v) is 2.70. The molecule has 0 aromatic carbocycles. The van der Waals surface area contributed by atoms with Crippen molar-refractivity contribution in [2.45, 2.75) is 31.8 Å². The molecule has 0 saturated carbocycles. The summed E-state index contributed by atoms with van der Waals surface area (Å²) in [6.07, 6.45) is 2.28. The summed E-state index contributed by atoms with van der Waals surface area (Å²) >= 11 is 7.46. The molecule has 3 nitrogen and oxygen atoms in total. The molecule has 0 radical (unpaired) electrons. The fraction of sp³-hybridized carbons (Fsp3) is 0.800. The van der Waals surface area contributed by atoms with Crippen LogP contribution < -0.4 is 0 Å². The number of aromatic nitrogens is 3. The second kappa shape index (κ2) is 6.38. The maximum absolute atomic E-state index is 5.69. The molecular weight excluding hydrogens is 230 g/mol. The summed E-state index contributed by atoms with van der Waals surface area (Å²) < 4.78 is 2.02. The predicted octanol–water partition coefficient (Wildman–Crippen LogP) is 2.87. The Hall–Kier alpha value is -0.220. The van der Waals surface area contributed by atoms with Crippen LogP contribution in [0.25, 0.3) is 0 Å². The van der Waals surface area contributed by atoms with Crippen LogP contribution >= 0.6 is 23.4 Å². The molecule has 0 saturated heterocycles. The monoisotopic (exact) mass is 247 g/mol. The first-order valence-corrected chi connectivity index (χ1v) is 6.72. The van der Waals surface area contributed by atoms with Gasteiger partial charge in [0.15, 0.2) is 5.16 Å². The van der Waals surface area contributed by atoms with Crippen LogP contribution in [0.5, 0.6) is 0 Å². The Morgan fingerprint density at radius 3 is 2.67 bits per heavy atom. The largest absolute Gasteiger partial charge is 0.309 e. The number of nitrogens with zero attached hydrogens (tertiary/aromatic N) is 3. The van der Waals surface area contributed by atoms with Gasteiger partial charge >= 0.3 is 0 Å². The summed E-state index contributed by atoms with van der Waals surface area (Å²) in [5, 5.41) is 9.13. The zero-order valence-electron chi connectivity index (χ0n) is 9.53. The molecule has 1 aromatic rings. The van der Waals surface area contributed by atoms with E-state index < -0.39 is 0 Å². The molecule has 0 aliphatic rings. The van der Waals surface area contributed by atoms with Gasteiger partial charge in [-0.15, -0.1) is 21.8 Å². The van der Waals surface area contributed by atoms with Crippen LogP contribution in [0.2, 0.25) is 0 Å². The first-order valence-electron chi connectivity index (χ1n) is 5.20. The number of halogens is 1. The summed E-state index contributed by atoms with van der Waals surface area (Å²) in [4.78, 5) is 0. The van der Waals surface area contributed by atoms with Crippen molar-refractivity contribution in [1.82, 2.24) is 14.8 Å². The summed E-state index contributed by atoms with van der Waals surface area (Å²) in [6.45, 7) is 4.21. The first-order chi connectivity index (χ1) is 7.15. The van der Waals surface area contributed by atoms with E-state index >= 15 is 0 Å². The van der Waals surface area contributed by atoms with E-state index in [2.05, 4.69) is 17.1 Å². The van der Waals surface area contributed by atoms with E-state index in [0.29, 0.717) is 5.92 Å². The lowest BCUT2D eigenvalue weighted by Gasteiger charge is -2.08. The van der Waals surface area contributed by atoms with E-state index in [1.807, 2.05) is 18.5 Å². The molecule has 0 fully saturated rings. The highest BCUT2D eigenvalue weighted by molar-refractivity contribution is 7.99. The molecule has 86 valence electrons.